The van der Waals surface area contributed by atoms with Crippen molar-refractivity contribution < 1.29 is 4.42 Å². The van der Waals surface area contributed by atoms with Crippen molar-refractivity contribution in [1.29, 1.82) is 5.26 Å². The Morgan fingerprint density at radius 1 is 1.17 bits per heavy atom. The Balaban J connectivity index is 1.65. The van der Waals surface area contributed by atoms with Crippen LogP contribution in [0.25, 0.3) is 11.3 Å². The van der Waals surface area contributed by atoms with Crippen LogP contribution in [0.3, 0.4) is 0 Å². The van der Waals surface area contributed by atoms with Gasteiger partial charge in [0.15, 0.2) is 5.76 Å². The highest BCUT2D eigenvalue weighted by Crippen LogP contribution is 2.29. The molecule has 0 bridgehead atoms. The zero-order valence-corrected chi connectivity index (χ0v) is 14.8. The molecule has 0 radical (unpaired) electrons. The van der Waals surface area contributed by atoms with Crippen LogP contribution in [0, 0.1) is 11.3 Å². The van der Waals surface area contributed by atoms with Gasteiger partial charge in [-0.3, -0.25) is 4.90 Å². The van der Waals surface area contributed by atoms with Gasteiger partial charge in [0.05, 0.1) is 11.1 Å². The van der Waals surface area contributed by atoms with Crippen LogP contribution in [-0.2, 0) is 0 Å². The number of nitriles is 1. The summed E-state index contributed by atoms with van der Waals surface area (Å²) in [5, 5.41) is 9.33. The molecule has 0 unspecified atom stereocenters. The molecule has 1 fully saturated rings. The van der Waals surface area contributed by atoms with Crippen LogP contribution in [0.2, 0.25) is 5.02 Å². The van der Waals surface area contributed by atoms with Gasteiger partial charge >= 0.3 is 0 Å². The first-order chi connectivity index (χ1) is 11.7. The molecule has 6 heteroatoms. The summed E-state index contributed by atoms with van der Waals surface area (Å²) in [5.74, 6) is 1.43. The van der Waals surface area contributed by atoms with Gasteiger partial charge in [-0.15, -0.1) is 0 Å². The number of hydrogen-bond acceptors (Lipinski definition) is 4. The minimum Gasteiger partial charge on any atom is -0.454 e. The Labute approximate surface area is 152 Å². The quantitative estimate of drug-likeness (QED) is 0.777. The van der Waals surface area contributed by atoms with E-state index < -0.39 is 0 Å². The monoisotopic (exact) mass is 359 g/mol. The average molecular weight is 360 g/mol. The number of rotatable bonds is 4. The molecule has 4 nitrogen and oxygen atoms in total. The number of furan rings is 1. The Kier molecular flexibility index (Phi) is 5.52. The van der Waals surface area contributed by atoms with Crippen molar-refractivity contribution in [1.82, 2.24) is 9.80 Å². The van der Waals surface area contributed by atoms with Crippen LogP contribution in [0.1, 0.15) is 12.2 Å². The fourth-order valence-electron chi connectivity index (χ4n) is 2.80. The molecule has 24 heavy (non-hydrogen) atoms. The Morgan fingerprint density at radius 3 is 2.62 bits per heavy atom. The van der Waals surface area contributed by atoms with Gasteiger partial charge in [-0.05, 0) is 24.3 Å². The normalized spacial score (nSPS) is 15.2. The van der Waals surface area contributed by atoms with Gasteiger partial charge in [0.2, 0.25) is 0 Å². The van der Waals surface area contributed by atoms with Crippen molar-refractivity contribution in [3.63, 3.8) is 0 Å². The first-order valence-electron chi connectivity index (χ1n) is 7.92. The van der Waals surface area contributed by atoms with E-state index in [-0.39, 0.29) is 0 Å². The number of nitrogens with zero attached hydrogens (tertiary/aromatic N) is 3. The topological polar surface area (TPSA) is 43.4 Å². The molecule has 0 aliphatic carbocycles. The van der Waals surface area contributed by atoms with E-state index in [0.717, 1.165) is 49.0 Å². The summed E-state index contributed by atoms with van der Waals surface area (Å²) >= 11 is 11.8. The predicted octanol–water partition coefficient (Wildman–Crippen LogP) is 3.81. The minimum atomic E-state index is 0.573. The summed E-state index contributed by atoms with van der Waals surface area (Å²) in [6, 6.07) is 13.6. The molecule has 0 N–H and O–H groups in total. The van der Waals surface area contributed by atoms with Gasteiger partial charge in [-0.25, -0.2) is 0 Å². The van der Waals surface area contributed by atoms with E-state index in [1.165, 1.54) is 0 Å². The minimum absolute atomic E-state index is 0.573. The van der Waals surface area contributed by atoms with Crippen molar-refractivity contribution in [2.24, 2.45) is 0 Å². The number of benzene rings is 1. The lowest BCUT2D eigenvalue weighted by molar-refractivity contribution is 0.186. The predicted molar refractivity (Wildman–Crippen MR) is 99.1 cm³/mol. The third kappa shape index (κ3) is 3.78. The maximum absolute atomic E-state index is 8.67. The zero-order chi connectivity index (χ0) is 16.9. The van der Waals surface area contributed by atoms with Gasteiger partial charge in [0.1, 0.15) is 10.7 Å². The fourth-order valence-corrected chi connectivity index (χ4v) is 3.32. The van der Waals surface area contributed by atoms with Crippen molar-refractivity contribution in [2.75, 3.05) is 32.7 Å². The smallest absolute Gasteiger partial charge is 0.162 e. The summed E-state index contributed by atoms with van der Waals surface area (Å²) < 4.78 is 5.93. The van der Waals surface area contributed by atoms with Gasteiger partial charge in [0.25, 0.3) is 0 Å². The first kappa shape index (κ1) is 17.0. The number of hydrogen-bond donors (Lipinski definition) is 0. The van der Waals surface area contributed by atoms with Crippen LogP contribution in [0.5, 0.6) is 0 Å². The second-order valence-corrected chi connectivity index (χ2v) is 6.48. The molecular weight excluding hydrogens is 342 g/mol. The summed E-state index contributed by atoms with van der Waals surface area (Å²) in [4.78, 5) is 5.18. The fraction of sp³-hybridized carbons (Fsp3) is 0.333. The van der Waals surface area contributed by atoms with E-state index in [0.29, 0.717) is 17.2 Å². The maximum Gasteiger partial charge on any atom is 0.162 e. The highest BCUT2D eigenvalue weighted by atomic mass is 35.5. The van der Waals surface area contributed by atoms with Crippen LogP contribution in [0.15, 0.2) is 40.8 Å². The Bertz CT molecular complexity index is 760. The van der Waals surface area contributed by atoms with E-state index in [4.69, 9.17) is 33.5 Å². The highest BCUT2D eigenvalue weighted by Gasteiger charge is 2.21. The maximum atomic E-state index is 8.67. The van der Waals surface area contributed by atoms with E-state index in [9.17, 15) is 0 Å². The van der Waals surface area contributed by atoms with Crippen LogP contribution in [0.4, 0.5) is 0 Å². The third-order valence-corrected chi connectivity index (χ3v) is 4.94. The standard InChI is InChI=1S/C18H18ClN3OS/c19-15-5-2-1-4-14(15)16-6-7-17(23-16)18(24)22-12-10-21(11-13-22)9-3-8-20/h1-2,4-7H,3,9-13H2. The molecule has 2 aromatic rings. The summed E-state index contributed by atoms with van der Waals surface area (Å²) in [5.41, 5.74) is 0.870. The van der Waals surface area contributed by atoms with E-state index in [2.05, 4.69) is 15.9 Å². The van der Waals surface area contributed by atoms with Crippen LogP contribution < -0.4 is 0 Å². The summed E-state index contributed by atoms with van der Waals surface area (Å²) in [6.45, 7) is 4.37. The molecule has 1 aromatic carbocycles. The molecule has 0 spiro atoms. The molecular formula is C18H18ClN3OS. The lowest BCUT2D eigenvalue weighted by Gasteiger charge is -2.35. The molecule has 1 aliphatic heterocycles. The number of piperazine rings is 1. The molecule has 0 saturated carbocycles. The Morgan fingerprint density at radius 2 is 1.92 bits per heavy atom. The van der Waals surface area contributed by atoms with E-state index in [1.54, 1.807) is 0 Å². The van der Waals surface area contributed by atoms with Gasteiger partial charge in [0, 0.05) is 44.7 Å². The SMILES string of the molecule is N#CCCN1CCN(C(=S)c2ccc(-c3ccccc3Cl)o2)CC1. The molecule has 2 heterocycles. The summed E-state index contributed by atoms with van der Waals surface area (Å²) in [6.07, 6.45) is 0.573. The lowest BCUT2D eigenvalue weighted by Crippen LogP contribution is -2.48. The Hall–Kier alpha value is -1.87. The molecule has 1 saturated heterocycles. The van der Waals surface area contributed by atoms with Gasteiger partial charge in [-0.1, -0.05) is 36.0 Å². The van der Waals surface area contributed by atoms with E-state index in [1.807, 2.05) is 36.4 Å². The molecule has 1 aromatic heterocycles. The molecule has 0 amide bonds. The van der Waals surface area contributed by atoms with Crippen molar-refractivity contribution in [2.45, 2.75) is 6.42 Å². The molecule has 124 valence electrons. The first-order valence-corrected chi connectivity index (χ1v) is 8.71. The molecule has 1 aliphatic rings. The average Bonchev–Trinajstić information content (AvgIpc) is 3.10. The summed E-state index contributed by atoms with van der Waals surface area (Å²) in [7, 11) is 0. The molecule has 3 rings (SSSR count). The van der Waals surface area contributed by atoms with Crippen LogP contribution >= 0.6 is 23.8 Å². The van der Waals surface area contributed by atoms with Crippen molar-refractivity contribution in [3.05, 3.63) is 47.2 Å². The van der Waals surface area contributed by atoms with E-state index >= 15 is 0 Å². The third-order valence-electron chi connectivity index (χ3n) is 4.16. The van der Waals surface area contributed by atoms with Gasteiger partial charge < -0.3 is 9.32 Å². The largest absolute Gasteiger partial charge is 0.454 e. The van der Waals surface area contributed by atoms with Crippen molar-refractivity contribution in [3.8, 4) is 17.4 Å². The molecule has 0 atom stereocenters. The lowest BCUT2D eigenvalue weighted by atomic mass is 10.2. The van der Waals surface area contributed by atoms with Crippen molar-refractivity contribution >= 4 is 28.8 Å². The second-order valence-electron chi connectivity index (χ2n) is 5.69. The zero-order valence-electron chi connectivity index (χ0n) is 13.2. The second kappa shape index (κ2) is 7.80. The van der Waals surface area contributed by atoms with Crippen LogP contribution in [-0.4, -0.2) is 47.5 Å². The van der Waals surface area contributed by atoms with Gasteiger partial charge in [-0.2, -0.15) is 5.26 Å². The number of thiocarbonyl (C=S) groups is 1. The number of halogens is 1. The highest BCUT2D eigenvalue weighted by molar-refractivity contribution is 7.80.